The van der Waals surface area contributed by atoms with Gasteiger partial charge in [-0.2, -0.15) is 0 Å². The maximum atomic E-state index is 11.7. The van der Waals surface area contributed by atoms with Crippen LogP contribution in [0.4, 0.5) is 0 Å². The highest BCUT2D eigenvalue weighted by Crippen LogP contribution is 2.45. The summed E-state index contributed by atoms with van der Waals surface area (Å²) in [6, 6.07) is 0.850. The Morgan fingerprint density at radius 3 is 2.46 bits per heavy atom. The van der Waals surface area contributed by atoms with E-state index in [9.17, 15) is 8.42 Å². The Hall–Kier alpha value is -0.0900. The number of rotatable bonds is 5. The normalized spacial score (nSPS) is 40.6. The van der Waals surface area contributed by atoms with E-state index in [0.717, 1.165) is 30.6 Å². The number of hydrogen-bond acceptors (Lipinski definition) is 4. The second kappa shape index (κ2) is 8.57. The van der Waals surface area contributed by atoms with Crippen molar-refractivity contribution in [3.63, 3.8) is 0 Å². The van der Waals surface area contributed by atoms with Crippen LogP contribution in [0, 0.1) is 23.2 Å². The molecule has 0 aromatic heterocycles. The molecule has 0 spiro atoms. The van der Waals surface area contributed by atoms with Crippen LogP contribution in [-0.4, -0.2) is 57.7 Å². The van der Waals surface area contributed by atoms with Crippen LogP contribution < -0.4 is 10.6 Å². The van der Waals surface area contributed by atoms with Gasteiger partial charge in [0.25, 0.3) is 0 Å². The molecule has 4 aliphatic rings. The summed E-state index contributed by atoms with van der Waals surface area (Å²) in [5, 5.41) is 7.36. The van der Waals surface area contributed by atoms with Crippen LogP contribution in [0.1, 0.15) is 52.4 Å². The first kappa shape index (κ1) is 22.6. The molecule has 2 bridgehead atoms. The minimum atomic E-state index is -2.85. The molecule has 2 N–H and O–H groups in total. The third-order valence-corrected chi connectivity index (χ3v) is 9.50. The molecule has 4 rings (SSSR count). The second-order valence-electron chi connectivity index (χ2n) is 9.86. The van der Waals surface area contributed by atoms with Gasteiger partial charge in [-0.3, -0.25) is 4.99 Å². The van der Waals surface area contributed by atoms with E-state index in [1.165, 1.54) is 25.7 Å². The minimum Gasteiger partial charge on any atom is -0.381 e. The van der Waals surface area contributed by atoms with Crippen LogP contribution in [0.3, 0.4) is 0 Å². The SMILES string of the molecule is COC1CC(NC(=NCC2CCS(=O)(=O)C2)NC2CC3CCC2C3)C1(C)C.I. The predicted octanol–water partition coefficient (Wildman–Crippen LogP) is 2.58. The standard InChI is InChI=1S/C20H35N3O3S.HI/c1-20(2)17(10-18(20)26-3)23-19(21-11-14-6-7-27(24,25)12-14)22-16-9-13-4-5-15(16)8-13;/h13-18H,4-12H2,1-3H3,(H2,21,22,23);1H. The van der Waals surface area contributed by atoms with Gasteiger partial charge < -0.3 is 15.4 Å². The lowest BCUT2D eigenvalue weighted by Gasteiger charge is -2.51. The van der Waals surface area contributed by atoms with Crippen molar-refractivity contribution in [3.05, 3.63) is 0 Å². The summed E-state index contributed by atoms with van der Waals surface area (Å²) in [6.45, 7) is 5.07. The average Bonchev–Trinajstić information content (AvgIpc) is 3.31. The largest absolute Gasteiger partial charge is 0.381 e. The van der Waals surface area contributed by atoms with Crippen LogP contribution in [0.25, 0.3) is 0 Å². The van der Waals surface area contributed by atoms with Crippen molar-refractivity contribution < 1.29 is 13.2 Å². The maximum Gasteiger partial charge on any atom is 0.191 e. The first-order valence-corrected chi connectivity index (χ1v) is 12.4. The lowest BCUT2D eigenvalue weighted by molar-refractivity contribution is -0.0923. The van der Waals surface area contributed by atoms with Crippen molar-refractivity contribution in [2.75, 3.05) is 25.2 Å². The Bertz CT molecular complexity index is 697. The molecule has 8 heteroatoms. The van der Waals surface area contributed by atoms with Gasteiger partial charge in [0.1, 0.15) is 0 Å². The molecule has 6 unspecified atom stereocenters. The van der Waals surface area contributed by atoms with Crippen molar-refractivity contribution in [2.24, 2.45) is 28.2 Å². The molecule has 28 heavy (non-hydrogen) atoms. The molecule has 0 aromatic carbocycles. The summed E-state index contributed by atoms with van der Waals surface area (Å²) in [5.41, 5.74) is 0.0720. The molecule has 162 valence electrons. The Balaban J connectivity index is 0.00000225. The average molecular weight is 525 g/mol. The van der Waals surface area contributed by atoms with Gasteiger partial charge in [-0.25, -0.2) is 8.42 Å². The highest BCUT2D eigenvalue weighted by atomic mass is 127. The van der Waals surface area contributed by atoms with Gasteiger partial charge in [0, 0.05) is 31.2 Å². The van der Waals surface area contributed by atoms with Crippen LogP contribution in [0.5, 0.6) is 0 Å². The molecule has 1 heterocycles. The summed E-state index contributed by atoms with van der Waals surface area (Å²) >= 11 is 0. The molecule has 3 aliphatic carbocycles. The van der Waals surface area contributed by atoms with Crippen LogP contribution in [-0.2, 0) is 14.6 Å². The maximum absolute atomic E-state index is 11.7. The number of ether oxygens (including phenoxy) is 1. The molecular weight excluding hydrogens is 489 g/mol. The fourth-order valence-electron chi connectivity index (χ4n) is 5.66. The number of nitrogens with zero attached hydrogens (tertiary/aromatic N) is 1. The molecule has 6 atom stereocenters. The van der Waals surface area contributed by atoms with E-state index >= 15 is 0 Å². The van der Waals surface area contributed by atoms with E-state index < -0.39 is 9.84 Å². The van der Waals surface area contributed by atoms with E-state index in [2.05, 4.69) is 24.5 Å². The van der Waals surface area contributed by atoms with Gasteiger partial charge in [0.2, 0.25) is 0 Å². The van der Waals surface area contributed by atoms with Crippen molar-refractivity contribution in [3.8, 4) is 0 Å². The van der Waals surface area contributed by atoms with Gasteiger partial charge in [0.15, 0.2) is 15.8 Å². The number of nitrogens with one attached hydrogen (secondary N) is 2. The molecule has 4 fully saturated rings. The highest BCUT2D eigenvalue weighted by molar-refractivity contribution is 14.0. The van der Waals surface area contributed by atoms with Gasteiger partial charge in [-0.1, -0.05) is 20.3 Å². The van der Waals surface area contributed by atoms with E-state index in [1.807, 2.05) is 0 Å². The lowest BCUT2D eigenvalue weighted by Crippen LogP contribution is -2.64. The number of hydrogen-bond donors (Lipinski definition) is 2. The van der Waals surface area contributed by atoms with E-state index in [1.54, 1.807) is 7.11 Å². The Kier molecular flexibility index (Phi) is 6.92. The number of sulfone groups is 1. The number of fused-ring (bicyclic) bond motifs is 2. The zero-order valence-corrected chi connectivity index (χ0v) is 20.5. The van der Waals surface area contributed by atoms with Crippen LogP contribution in [0.2, 0.25) is 0 Å². The number of guanidine groups is 1. The lowest BCUT2D eigenvalue weighted by atomic mass is 9.64. The molecule has 1 aliphatic heterocycles. The summed E-state index contributed by atoms with van der Waals surface area (Å²) < 4.78 is 29.1. The van der Waals surface area contributed by atoms with E-state index in [4.69, 9.17) is 9.73 Å². The van der Waals surface area contributed by atoms with Crippen LogP contribution in [0.15, 0.2) is 4.99 Å². The smallest absolute Gasteiger partial charge is 0.191 e. The van der Waals surface area contributed by atoms with E-state index in [-0.39, 0.29) is 41.4 Å². The molecule has 6 nitrogen and oxygen atoms in total. The quantitative estimate of drug-likeness (QED) is 0.328. The fourth-order valence-corrected chi connectivity index (χ4v) is 7.51. The second-order valence-corrected chi connectivity index (χ2v) is 12.1. The molecule has 1 saturated heterocycles. The first-order valence-electron chi connectivity index (χ1n) is 10.6. The van der Waals surface area contributed by atoms with Gasteiger partial charge in [-0.15, -0.1) is 24.0 Å². The number of halogens is 1. The summed E-state index contributed by atoms with van der Waals surface area (Å²) in [6.07, 6.45) is 7.32. The van der Waals surface area contributed by atoms with Crippen molar-refractivity contribution in [1.82, 2.24) is 10.6 Å². The van der Waals surface area contributed by atoms with E-state index in [0.29, 0.717) is 30.1 Å². The Morgan fingerprint density at radius 2 is 1.93 bits per heavy atom. The zero-order chi connectivity index (χ0) is 19.2. The van der Waals surface area contributed by atoms with Gasteiger partial charge >= 0.3 is 0 Å². The summed E-state index contributed by atoms with van der Waals surface area (Å²) in [4.78, 5) is 4.85. The first-order chi connectivity index (χ1) is 12.8. The molecular formula is C20H36IN3O3S. The Labute approximate surface area is 187 Å². The number of aliphatic imine (C=N–C) groups is 1. The van der Waals surface area contributed by atoms with Crippen molar-refractivity contribution in [2.45, 2.75) is 70.6 Å². The third kappa shape index (κ3) is 4.63. The summed E-state index contributed by atoms with van der Waals surface area (Å²) in [5.74, 6) is 3.31. The topological polar surface area (TPSA) is 79.8 Å². The fraction of sp³-hybridized carbons (Fsp3) is 0.950. The zero-order valence-electron chi connectivity index (χ0n) is 17.3. The third-order valence-electron chi connectivity index (χ3n) is 7.67. The monoisotopic (exact) mass is 525 g/mol. The Morgan fingerprint density at radius 1 is 1.14 bits per heavy atom. The highest BCUT2D eigenvalue weighted by Gasteiger charge is 2.49. The predicted molar refractivity (Wildman–Crippen MR) is 123 cm³/mol. The molecule has 0 aromatic rings. The van der Waals surface area contributed by atoms with Gasteiger partial charge in [0.05, 0.1) is 17.6 Å². The van der Waals surface area contributed by atoms with Gasteiger partial charge in [-0.05, 0) is 49.9 Å². The molecule has 0 amide bonds. The summed E-state index contributed by atoms with van der Waals surface area (Å²) in [7, 11) is -1.06. The molecule has 3 saturated carbocycles. The van der Waals surface area contributed by atoms with Crippen molar-refractivity contribution >= 4 is 39.8 Å². The van der Waals surface area contributed by atoms with Crippen molar-refractivity contribution in [1.29, 1.82) is 0 Å². The molecule has 0 radical (unpaired) electrons. The number of methoxy groups -OCH3 is 1. The van der Waals surface area contributed by atoms with Crippen LogP contribution >= 0.6 is 24.0 Å². The minimum absolute atomic E-state index is 0.